The van der Waals surface area contributed by atoms with Gasteiger partial charge in [0.2, 0.25) is 5.91 Å². The Morgan fingerprint density at radius 1 is 1.27 bits per heavy atom. The van der Waals surface area contributed by atoms with Gasteiger partial charge >= 0.3 is 5.97 Å². The third-order valence-electron chi connectivity index (χ3n) is 3.31. The Balaban J connectivity index is 2.05. The largest absolute Gasteiger partial charge is 0.463 e. The van der Waals surface area contributed by atoms with Crippen molar-refractivity contribution >= 4 is 18.0 Å². The number of nitrogens with zero attached hydrogens (tertiary/aromatic N) is 2. The van der Waals surface area contributed by atoms with E-state index in [-0.39, 0.29) is 11.9 Å². The number of carbonyl (C=O) groups is 2. The van der Waals surface area contributed by atoms with Crippen molar-refractivity contribution in [3.05, 3.63) is 53.9 Å². The Kier molecular flexibility index (Phi) is 5.36. The summed E-state index contributed by atoms with van der Waals surface area (Å²) in [6.45, 7) is 4.91. The van der Waals surface area contributed by atoms with Crippen LogP contribution in [-0.4, -0.2) is 35.0 Å². The molecular weight excluding hydrogens is 280 g/mol. The Morgan fingerprint density at radius 3 is 2.73 bits per heavy atom. The number of ether oxygens (including phenoxy) is 1. The molecule has 1 aromatic rings. The second-order valence-electron chi connectivity index (χ2n) is 4.96. The lowest BCUT2D eigenvalue weighted by molar-refractivity contribution is -0.137. The third-order valence-corrected chi connectivity index (χ3v) is 3.31. The van der Waals surface area contributed by atoms with Crippen LogP contribution in [0.5, 0.6) is 0 Å². The van der Waals surface area contributed by atoms with Crippen molar-refractivity contribution in [3.63, 3.8) is 0 Å². The van der Waals surface area contributed by atoms with E-state index in [0.29, 0.717) is 19.8 Å². The second kappa shape index (κ2) is 7.45. The van der Waals surface area contributed by atoms with Crippen molar-refractivity contribution in [1.29, 1.82) is 0 Å². The van der Waals surface area contributed by atoms with Gasteiger partial charge in [0.05, 0.1) is 13.3 Å². The molecule has 0 aromatic heterocycles. The molecule has 0 saturated heterocycles. The lowest BCUT2D eigenvalue weighted by Gasteiger charge is -2.20. The first-order chi connectivity index (χ1) is 10.6. The van der Waals surface area contributed by atoms with Crippen molar-refractivity contribution in [1.82, 2.24) is 9.80 Å². The minimum atomic E-state index is -0.346. The topological polar surface area (TPSA) is 49.9 Å². The molecule has 1 aliphatic heterocycles. The molecule has 1 amide bonds. The first-order valence-corrected chi connectivity index (χ1v) is 7.22. The summed E-state index contributed by atoms with van der Waals surface area (Å²) >= 11 is 0. The molecule has 0 aliphatic carbocycles. The van der Waals surface area contributed by atoms with Gasteiger partial charge in [-0.2, -0.15) is 0 Å². The van der Waals surface area contributed by atoms with Crippen molar-refractivity contribution in [2.45, 2.75) is 20.4 Å². The van der Waals surface area contributed by atoms with Crippen LogP contribution in [0.3, 0.4) is 0 Å². The molecule has 0 unspecified atom stereocenters. The van der Waals surface area contributed by atoms with E-state index in [2.05, 4.69) is 0 Å². The van der Waals surface area contributed by atoms with Gasteiger partial charge in [0, 0.05) is 31.9 Å². The van der Waals surface area contributed by atoms with E-state index in [0.717, 1.165) is 11.1 Å². The van der Waals surface area contributed by atoms with E-state index in [1.165, 1.54) is 6.08 Å². The predicted octanol–water partition coefficient (Wildman–Crippen LogP) is 2.36. The van der Waals surface area contributed by atoms with Gasteiger partial charge in [-0.25, -0.2) is 4.79 Å². The summed E-state index contributed by atoms with van der Waals surface area (Å²) in [5.74, 6) is -0.324. The summed E-state index contributed by atoms with van der Waals surface area (Å²) in [5.41, 5.74) is 2.04. The molecule has 22 heavy (non-hydrogen) atoms. The van der Waals surface area contributed by atoms with Crippen molar-refractivity contribution in [3.8, 4) is 0 Å². The van der Waals surface area contributed by atoms with Gasteiger partial charge in [0.15, 0.2) is 0 Å². The fourth-order valence-corrected chi connectivity index (χ4v) is 2.18. The second-order valence-corrected chi connectivity index (χ2v) is 4.96. The van der Waals surface area contributed by atoms with Gasteiger partial charge in [-0.3, -0.25) is 9.69 Å². The highest BCUT2D eigenvalue weighted by molar-refractivity contribution is 5.87. The van der Waals surface area contributed by atoms with Crippen molar-refractivity contribution in [2.75, 3.05) is 13.3 Å². The standard InChI is InChI=1S/C17H20N2O3/c1-3-22-17(21)9-8-15-6-4-5-7-16(15)12-18-10-11-19(13-18)14(2)20/h4-11H,3,12-13H2,1-2H3. The number of rotatable bonds is 5. The predicted molar refractivity (Wildman–Crippen MR) is 84.2 cm³/mol. The summed E-state index contributed by atoms with van der Waals surface area (Å²) in [7, 11) is 0. The quantitative estimate of drug-likeness (QED) is 0.619. The van der Waals surface area contributed by atoms with Crippen LogP contribution < -0.4 is 0 Å². The molecule has 5 nitrogen and oxygen atoms in total. The van der Waals surface area contributed by atoms with Gasteiger partial charge in [-0.1, -0.05) is 24.3 Å². The molecule has 1 aromatic carbocycles. The number of amides is 1. The zero-order valence-electron chi connectivity index (χ0n) is 12.9. The average Bonchev–Trinajstić information content (AvgIpc) is 2.95. The van der Waals surface area contributed by atoms with Crippen LogP contribution in [-0.2, 0) is 20.9 Å². The van der Waals surface area contributed by atoms with Gasteiger partial charge in [0.1, 0.15) is 0 Å². The monoisotopic (exact) mass is 300 g/mol. The van der Waals surface area contributed by atoms with Gasteiger partial charge < -0.3 is 9.64 Å². The lowest BCUT2D eigenvalue weighted by Crippen LogP contribution is -2.28. The van der Waals surface area contributed by atoms with Crippen molar-refractivity contribution < 1.29 is 14.3 Å². The Labute approximate surface area is 130 Å². The van der Waals surface area contributed by atoms with E-state index in [9.17, 15) is 9.59 Å². The summed E-state index contributed by atoms with van der Waals surface area (Å²) in [5, 5.41) is 0. The molecule has 116 valence electrons. The van der Waals surface area contributed by atoms with Crippen LogP contribution in [0.1, 0.15) is 25.0 Å². The Hall–Kier alpha value is -2.56. The molecule has 0 bridgehead atoms. The summed E-state index contributed by atoms with van der Waals surface area (Å²) in [6.07, 6.45) is 6.87. The number of carbonyl (C=O) groups excluding carboxylic acids is 2. The summed E-state index contributed by atoms with van der Waals surface area (Å²) in [4.78, 5) is 26.4. The van der Waals surface area contributed by atoms with E-state index in [4.69, 9.17) is 4.74 Å². The molecular formula is C17H20N2O3. The normalized spacial score (nSPS) is 13.9. The molecule has 0 saturated carbocycles. The maximum atomic E-state index is 11.4. The smallest absolute Gasteiger partial charge is 0.330 e. The van der Waals surface area contributed by atoms with Crippen LogP contribution in [0.2, 0.25) is 0 Å². The highest BCUT2D eigenvalue weighted by Crippen LogP contribution is 2.17. The molecule has 0 N–H and O–H groups in total. The van der Waals surface area contributed by atoms with Gasteiger partial charge in [0.25, 0.3) is 0 Å². The number of hydrogen-bond donors (Lipinski definition) is 0. The van der Waals surface area contributed by atoms with Crippen LogP contribution in [0, 0.1) is 0 Å². The molecule has 1 aliphatic rings. The molecule has 1 heterocycles. The molecule has 0 spiro atoms. The SMILES string of the molecule is CCOC(=O)C=Cc1ccccc1CN1C=CN(C(C)=O)C1. The fourth-order valence-electron chi connectivity index (χ4n) is 2.18. The van der Waals surface area contributed by atoms with Gasteiger partial charge in [-0.15, -0.1) is 0 Å². The van der Waals surface area contributed by atoms with Crippen LogP contribution >= 0.6 is 0 Å². The lowest BCUT2D eigenvalue weighted by atomic mass is 10.1. The first kappa shape index (κ1) is 15.8. The number of hydrogen-bond acceptors (Lipinski definition) is 4. The van der Waals surface area contributed by atoms with E-state index >= 15 is 0 Å². The summed E-state index contributed by atoms with van der Waals surface area (Å²) < 4.78 is 4.89. The molecule has 2 rings (SSSR count). The third kappa shape index (κ3) is 4.22. The van der Waals surface area contributed by atoms with Crippen LogP contribution in [0.15, 0.2) is 42.7 Å². The minimum absolute atomic E-state index is 0.0224. The van der Waals surface area contributed by atoms with Crippen molar-refractivity contribution in [2.24, 2.45) is 0 Å². The number of esters is 1. The zero-order valence-corrected chi connectivity index (χ0v) is 12.9. The Bertz CT molecular complexity index is 608. The highest BCUT2D eigenvalue weighted by atomic mass is 16.5. The van der Waals surface area contributed by atoms with Crippen LogP contribution in [0.25, 0.3) is 6.08 Å². The molecule has 0 atom stereocenters. The molecule has 5 heteroatoms. The fraction of sp³-hybridized carbons (Fsp3) is 0.294. The number of benzene rings is 1. The van der Waals surface area contributed by atoms with Gasteiger partial charge in [-0.05, 0) is 24.1 Å². The zero-order chi connectivity index (χ0) is 15.9. The molecule has 0 fully saturated rings. The highest BCUT2D eigenvalue weighted by Gasteiger charge is 2.16. The van der Waals surface area contributed by atoms with E-state index in [1.54, 1.807) is 31.0 Å². The Morgan fingerprint density at radius 2 is 2.05 bits per heavy atom. The van der Waals surface area contributed by atoms with Crippen LogP contribution in [0.4, 0.5) is 0 Å². The summed E-state index contributed by atoms with van der Waals surface area (Å²) in [6, 6.07) is 7.85. The maximum absolute atomic E-state index is 11.4. The minimum Gasteiger partial charge on any atom is -0.463 e. The average molecular weight is 300 g/mol. The van der Waals surface area contributed by atoms with E-state index < -0.39 is 0 Å². The first-order valence-electron chi connectivity index (χ1n) is 7.22. The van der Waals surface area contributed by atoms with E-state index in [1.807, 2.05) is 35.4 Å². The molecule has 0 radical (unpaired) electrons. The maximum Gasteiger partial charge on any atom is 0.330 e.